The molecule has 0 bridgehead atoms. The highest BCUT2D eigenvalue weighted by Gasteiger charge is 2.27. The number of nitrogens with two attached hydrogens (primary N) is 2. The summed E-state index contributed by atoms with van der Waals surface area (Å²) in [6.45, 7) is 0. The van der Waals surface area contributed by atoms with Crippen molar-refractivity contribution in [2.24, 2.45) is 5.73 Å². The summed E-state index contributed by atoms with van der Waals surface area (Å²) in [5.74, 6) is -1.29. The predicted octanol–water partition coefficient (Wildman–Crippen LogP) is 0.609. The summed E-state index contributed by atoms with van der Waals surface area (Å²) in [5.41, 5.74) is 6.79. The van der Waals surface area contributed by atoms with Crippen LogP contribution in [0.1, 0.15) is 22.5 Å². The molecule has 0 aliphatic carbocycles. The van der Waals surface area contributed by atoms with Gasteiger partial charge in [0.25, 0.3) is 12.3 Å². The molecule has 0 unspecified atom stereocenters. The van der Waals surface area contributed by atoms with E-state index in [0.29, 0.717) is 6.20 Å². The molecule has 1 aromatic rings. The van der Waals surface area contributed by atoms with E-state index >= 15 is 0 Å². The molecular formula is C7H6F2N4O3. The van der Waals surface area contributed by atoms with Crippen LogP contribution in [-0.2, 0) is 0 Å². The third-order valence-corrected chi connectivity index (χ3v) is 1.78. The molecule has 0 saturated heterocycles. The highest BCUT2D eigenvalue weighted by Crippen LogP contribution is 2.30. The van der Waals surface area contributed by atoms with Gasteiger partial charge >= 0.3 is 5.69 Å². The first-order chi connectivity index (χ1) is 7.36. The number of nitrogen functional groups attached to an aromatic ring is 1. The standard InChI is InChI=1S/C7H6F2N4O3/c8-6(9)5-3(7(11)14)4(10)2(1-12-5)13(15)16/h1,6H,(H2,10,12)(H2,11,14). The van der Waals surface area contributed by atoms with Crippen molar-refractivity contribution in [1.29, 1.82) is 0 Å². The molecule has 0 atom stereocenters. The maximum absolute atomic E-state index is 12.4. The van der Waals surface area contributed by atoms with Gasteiger partial charge in [-0.05, 0) is 0 Å². The summed E-state index contributed by atoms with van der Waals surface area (Å²) in [6.07, 6.45) is -2.53. The number of rotatable bonds is 3. The third kappa shape index (κ3) is 1.87. The van der Waals surface area contributed by atoms with E-state index in [0.717, 1.165) is 0 Å². The van der Waals surface area contributed by atoms with Crippen molar-refractivity contribution in [3.8, 4) is 0 Å². The van der Waals surface area contributed by atoms with Gasteiger partial charge in [-0.15, -0.1) is 0 Å². The Morgan fingerprint density at radius 3 is 2.50 bits per heavy atom. The van der Waals surface area contributed by atoms with E-state index in [9.17, 15) is 23.7 Å². The third-order valence-electron chi connectivity index (χ3n) is 1.78. The van der Waals surface area contributed by atoms with Crippen LogP contribution in [-0.4, -0.2) is 15.8 Å². The number of nitro groups is 1. The van der Waals surface area contributed by atoms with Gasteiger partial charge in [0.2, 0.25) is 0 Å². The van der Waals surface area contributed by atoms with Crippen LogP contribution >= 0.6 is 0 Å². The zero-order chi connectivity index (χ0) is 12.5. The fourth-order valence-corrected chi connectivity index (χ4v) is 1.10. The lowest BCUT2D eigenvalue weighted by Gasteiger charge is -2.07. The Morgan fingerprint density at radius 2 is 2.12 bits per heavy atom. The van der Waals surface area contributed by atoms with Gasteiger partial charge in [0, 0.05) is 0 Å². The lowest BCUT2D eigenvalue weighted by atomic mass is 10.1. The Kier molecular flexibility index (Phi) is 2.97. The molecule has 1 aromatic heterocycles. The Bertz CT molecular complexity index is 463. The lowest BCUT2D eigenvalue weighted by molar-refractivity contribution is -0.384. The fourth-order valence-electron chi connectivity index (χ4n) is 1.10. The van der Waals surface area contributed by atoms with Crippen molar-refractivity contribution in [2.75, 3.05) is 5.73 Å². The number of carbonyl (C=O) groups is 1. The number of hydrogen-bond acceptors (Lipinski definition) is 5. The molecule has 0 aromatic carbocycles. The molecule has 0 fully saturated rings. The maximum atomic E-state index is 12.4. The number of alkyl halides is 2. The summed E-state index contributed by atoms with van der Waals surface area (Å²) in [6, 6.07) is 0. The van der Waals surface area contributed by atoms with Crippen molar-refractivity contribution in [1.82, 2.24) is 4.98 Å². The quantitative estimate of drug-likeness (QED) is 0.583. The first-order valence-electron chi connectivity index (χ1n) is 3.87. The highest BCUT2D eigenvalue weighted by molar-refractivity contribution is 6.00. The molecule has 0 aliphatic heterocycles. The number of primary amides is 1. The van der Waals surface area contributed by atoms with E-state index in [2.05, 4.69) is 4.98 Å². The molecule has 1 amide bonds. The molecule has 86 valence electrons. The van der Waals surface area contributed by atoms with Gasteiger partial charge in [-0.1, -0.05) is 0 Å². The smallest absolute Gasteiger partial charge is 0.311 e. The Labute approximate surface area is 87.2 Å². The van der Waals surface area contributed by atoms with Crippen LogP contribution in [0.15, 0.2) is 6.20 Å². The second-order valence-electron chi connectivity index (χ2n) is 2.74. The van der Waals surface area contributed by atoms with E-state index in [4.69, 9.17) is 11.5 Å². The molecule has 0 radical (unpaired) electrons. The highest BCUT2D eigenvalue weighted by atomic mass is 19.3. The van der Waals surface area contributed by atoms with Gasteiger partial charge in [-0.25, -0.2) is 13.8 Å². The van der Waals surface area contributed by atoms with Crippen LogP contribution in [0.2, 0.25) is 0 Å². The monoisotopic (exact) mass is 232 g/mol. The fraction of sp³-hybridized carbons (Fsp3) is 0.143. The average Bonchev–Trinajstić information content (AvgIpc) is 2.15. The minimum Gasteiger partial charge on any atom is -0.392 e. The number of nitrogens with zero attached hydrogens (tertiary/aromatic N) is 2. The summed E-state index contributed by atoms with van der Waals surface area (Å²) in [5, 5.41) is 10.4. The average molecular weight is 232 g/mol. The van der Waals surface area contributed by atoms with Gasteiger partial charge < -0.3 is 11.5 Å². The van der Waals surface area contributed by atoms with Crippen LogP contribution in [0.25, 0.3) is 0 Å². The van der Waals surface area contributed by atoms with E-state index in [1.165, 1.54) is 0 Å². The van der Waals surface area contributed by atoms with Gasteiger partial charge in [0.15, 0.2) is 0 Å². The van der Waals surface area contributed by atoms with Crippen molar-refractivity contribution in [2.45, 2.75) is 6.43 Å². The van der Waals surface area contributed by atoms with E-state index < -0.39 is 39.9 Å². The molecule has 1 rings (SSSR count). The van der Waals surface area contributed by atoms with Crippen molar-refractivity contribution in [3.05, 3.63) is 27.6 Å². The van der Waals surface area contributed by atoms with Crippen LogP contribution < -0.4 is 11.5 Å². The van der Waals surface area contributed by atoms with E-state index in [1.54, 1.807) is 0 Å². The maximum Gasteiger partial charge on any atom is 0.311 e. The minimum absolute atomic E-state index is 0.559. The summed E-state index contributed by atoms with van der Waals surface area (Å²) in [4.78, 5) is 23.5. The van der Waals surface area contributed by atoms with E-state index in [-0.39, 0.29) is 0 Å². The molecule has 0 aliphatic rings. The number of halogens is 2. The van der Waals surface area contributed by atoms with Gasteiger partial charge in [-0.3, -0.25) is 14.9 Å². The second kappa shape index (κ2) is 4.04. The zero-order valence-electron chi connectivity index (χ0n) is 7.68. The predicted molar refractivity (Wildman–Crippen MR) is 48.8 cm³/mol. The molecule has 16 heavy (non-hydrogen) atoms. The molecule has 4 N–H and O–H groups in total. The number of anilines is 1. The number of carbonyl (C=O) groups excluding carboxylic acids is 1. The van der Waals surface area contributed by atoms with Crippen molar-refractivity contribution < 1.29 is 18.5 Å². The Balaban J connectivity index is 3.54. The molecule has 7 nitrogen and oxygen atoms in total. The number of amides is 1. The van der Waals surface area contributed by atoms with Gasteiger partial charge in [0.1, 0.15) is 17.6 Å². The summed E-state index contributed by atoms with van der Waals surface area (Å²) >= 11 is 0. The summed E-state index contributed by atoms with van der Waals surface area (Å²) in [7, 11) is 0. The first-order valence-corrected chi connectivity index (χ1v) is 3.87. The largest absolute Gasteiger partial charge is 0.392 e. The zero-order valence-corrected chi connectivity index (χ0v) is 7.68. The van der Waals surface area contributed by atoms with Gasteiger partial charge in [-0.2, -0.15) is 0 Å². The number of pyridine rings is 1. The Morgan fingerprint density at radius 1 is 1.56 bits per heavy atom. The lowest BCUT2D eigenvalue weighted by Crippen LogP contribution is -2.18. The van der Waals surface area contributed by atoms with Crippen LogP contribution in [0.4, 0.5) is 20.2 Å². The molecule has 0 spiro atoms. The van der Waals surface area contributed by atoms with Crippen LogP contribution in [0.5, 0.6) is 0 Å². The normalized spacial score (nSPS) is 10.4. The van der Waals surface area contributed by atoms with E-state index in [1.807, 2.05) is 0 Å². The molecular weight excluding hydrogens is 226 g/mol. The topological polar surface area (TPSA) is 125 Å². The van der Waals surface area contributed by atoms with Gasteiger partial charge in [0.05, 0.1) is 10.5 Å². The number of hydrogen-bond donors (Lipinski definition) is 2. The SMILES string of the molecule is NC(=O)c1c(C(F)F)ncc([N+](=O)[O-])c1N. The second-order valence-corrected chi connectivity index (χ2v) is 2.74. The van der Waals surface area contributed by atoms with Crippen LogP contribution in [0.3, 0.4) is 0 Å². The van der Waals surface area contributed by atoms with Crippen molar-refractivity contribution in [3.63, 3.8) is 0 Å². The molecule has 1 heterocycles. The molecule has 0 saturated carbocycles. The van der Waals surface area contributed by atoms with Crippen molar-refractivity contribution >= 4 is 17.3 Å². The van der Waals surface area contributed by atoms with Crippen LogP contribution in [0, 0.1) is 10.1 Å². The Hall–Kier alpha value is -2.32. The minimum atomic E-state index is -3.09. The first kappa shape index (κ1) is 11.8. The summed E-state index contributed by atoms with van der Waals surface area (Å²) < 4.78 is 24.8. The molecule has 9 heteroatoms. The number of aromatic nitrogens is 1.